The fraction of sp³-hybridized carbons (Fsp3) is 0.286. The number of esters is 1. The van der Waals surface area contributed by atoms with E-state index in [1.54, 1.807) is 43.0 Å². The quantitative estimate of drug-likeness (QED) is 0.762. The van der Waals surface area contributed by atoms with E-state index in [9.17, 15) is 9.59 Å². The summed E-state index contributed by atoms with van der Waals surface area (Å²) < 4.78 is 10.8. The Balaban J connectivity index is 1.58. The van der Waals surface area contributed by atoms with Crippen LogP contribution in [0.5, 0.6) is 5.75 Å². The van der Waals surface area contributed by atoms with E-state index in [1.807, 2.05) is 30.3 Å². The van der Waals surface area contributed by atoms with Gasteiger partial charge in [-0.1, -0.05) is 18.2 Å². The highest BCUT2D eigenvalue weighted by atomic mass is 16.6. The second-order valence-corrected chi connectivity index (χ2v) is 6.34. The molecule has 27 heavy (non-hydrogen) atoms. The van der Waals surface area contributed by atoms with E-state index in [2.05, 4.69) is 0 Å². The highest BCUT2D eigenvalue weighted by molar-refractivity contribution is 5.99. The number of carbonyl (C=O) groups excluding carboxylic acids is 2. The second-order valence-electron chi connectivity index (χ2n) is 6.34. The van der Waals surface area contributed by atoms with Gasteiger partial charge in [-0.15, -0.1) is 0 Å². The van der Waals surface area contributed by atoms with Gasteiger partial charge in [-0.05, 0) is 56.2 Å². The number of nitrogens with zero attached hydrogens (tertiary/aromatic N) is 2. The lowest BCUT2D eigenvalue weighted by Crippen LogP contribution is -2.41. The van der Waals surface area contributed by atoms with Crippen molar-refractivity contribution in [2.45, 2.75) is 32.5 Å². The average Bonchev–Trinajstić information content (AvgIpc) is 3.12. The Hall–Kier alpha value is -3.33. The molecule has 0 saturated carbocycles. The van der Waals surface area contributed by atoms with E-state index in [0.29, 0.717) is 17.9 Å². The first kappa shape index (κ1) is 18.5. The zero-order chi connectivity index (χ0) is 19.4. The highest BCUT2D eigenvalue weighted by Crippen LogP contribution is 2.28. The molecule has 0 unspecified atom stereocenters. The lowest BCUT2D eigenvalue weighted by atomic mass is 10.2. The molecule has 3 rings (SSSR count). The molecule has 1 aliphatic heterocycles. The summed E-state index contributed by atoms with van der Waals surface area (Å²) in [6, 6.07) is 16.1. The zero-order valence-corrected chi connectivity index (χ0v) is 15.2. The summed E-state index contributed by atoms with van der Waals surface area (Å²) in [7, 11) is 0. The molecule has 0 saturated heterocycles. The van der Waals surface area contributed by atoms with Crippen LogP contribution in [0.25, 0.3) is 0 Å². The molecule has 0 aromatic heterocycles. The number of benzene rings is 2. The monoisotopic (exact) mass is 364 g/mol. The van der Waals surface area contributed by atoms with Gasteiger partial charge in [-0.3, -0.25) is 4.79 Å². The molecule has 138 valence electrons. The van der Waals surface area contributed by atoms with Crippen molar-refractivity contribution in [2.75, 3.05) is 11.4 Å². The van der Waals surface area contributed by atoms with Gasteiger partial charge in [-0.2, -0.15) is 5.26 Å². The second kappa shape index (κ2) is 7.92. The van der Waals surface area contributed by atoms with Crippen molar-refractivity contribution in [1.82, 2.24) is 0 Å². The van der Waals surface area contributed by atoms with Gasteiger partial charge in [0, 0.05) is 12.2 Å². The fourth-order valence-electron chi connectivity index (χ4n) is 2.97. The highest BCUT2D eigenvalue weighted by Gasteiger charge is 2.31. The van der Waals surface area contributed by atoms with Gasteiger partial charge < -0.3 is 14.4 Å². The van der Waals surface area contributed by atoms with Gasteiger partial charge in [0.25, 0.3) is 5.91 Å². The lowest BCUT2D eigenvalue weighted by Gasteiger charge is -2.23. The van der Waals surface area contributed by atoms with Crippen LogP contribution in [0.15, 0.2) is 48.5 Å². The minimum Gasteiger partial charge on any atom is -0.479 e. The van der Waals surface area contributed by atoms with Crippen molar-refractivity contribution >= 4 is 17.6 Å². The summed E-state index contributed by atoms with van der Waals surface area (Å²) in [4.78, 5) is 26.6. The molecule has 6 nitrogen and oxygen atoms in total. The largest absolute Gasteiger partial charge is 0.479 e. The Bertz CT molecular complexity index is 886. The molecule has 0 radical (unpaired) electrons. The molecule has 1 heterocycles. The summed E-state index contributed by atoms with van der Waals surface area (Å²) in [6.07, 6.45) is -0.990. The van der Waals surface area contributed by atoms with Gasteiger partial charge in [0.2, 0.25) is 0 Å². The van der Waals surface area contributed by atoms with Crippen LogP contribution in [0.2, 0.25) is 0 Å². The molecule has 6 heteroatoms. The average molecular weight is 364 g/mol. The summed E-state index contributed by atoms with van der Waals surface area (Å²) in [5, 5.41) is 8.80. The number of hydrogen-bond donors (Lipinski definition) is 0. The molecule has 2 aromatic rings. The van der Waals surface area contributed by atoms with Crippen LogP contribution in [-0.4, -0.2) is 30.6 Å². The van der Waals surface area contributed by atoms with E-state index in [-0.39, 0.29) is 5.91 Å². The van der Waals surface area contributed by atoms with Crippen molar-refractivity contribution in [3.63, 3.8) is 0 Å². The Morgan fingerprint density at radius 3 is 2.48 bits per heavy atom. The van der Waals surface area contributed by atoms with Crippen molar-refractivity contribution in [3.05, 3.63) is 59.7 Å². The predicted octanol–water partition coefficient (Wildman–Crippen LogP) is 2.85. The number of hydrogen-bond acceptors (Lipinski definition) is 5. The number of anilines is 1. The van der Waals surface area contributed by atoms with Crippen LogP contribution >= 0.6 is 0 Å². The van der Waals surface area contributed by atoms with Crippen molar-refractivity contribution < 1.29 is 19.1 Å². The van der Waals surface area contributed by atoms with E-state index in [1.165, 1.54) is 0 Å². The van der Waals surface area contributed by atoms with Crippen molar-refractivity contribution in [2.24, 2.45) is 0 Å². The molecule has 2 atom stereocenters. The minimum atomic E-state index is -0.907. The standard InChI is InChI=1S/C21H20N2O4/c1-14(20(24)23-12-11-17-5-3-4-6-19(17)23)27-21(25)15(2)26-18-9-7-16(13-22)8-10-18/h3-10,14-15H,11-12H2,1-2H3/t14-,15+/m1/s1. The van der Waals surface area contributed by atoms with Crippen LogP contribution in [0, 0.1) is 11.3 Å². The zero-order valence-electron chi connectivity index (χ0n) is 15.2. The van der Waals surface area contributed by atoms with Crippen LogP contribution in [0.4, 0.5) is 5.69 Å². The first-order valence-electron chi connectivity index (χ1n) is 8.76. The predicted molar refractivity (Wildman–Crippen MR) is 99.3 cm³/mol. The maximum absolute atomic E-state index is 12.7. The molecule has 1 aliphatic rings. The van der Waals surface area contributed by atoms with E-state index in [4.69, 9.17) is 14.7 Å². The maximum atomic E-state index is 12.7. The number of ether oxygens (including phenoxy) is 2. The summed E-state index contributed by atoms with van der Waals surface area (Å²) in [6.45, 7) is 3.70. The summed E-state index contributed by atoms with van der Waals surface area (Å²) >= 11 is 0. The summed E-state index contributed by atoms with van der Waals surface area (Å²) in [5.41, 5.74) is 2.48. The third-order valence-electron chi connectivity index (χ3n) is 4.42. The molecule has 0 N–H and O–H groups in total. The Labute approximate surface area is 157 Å². The number of amides is 1. The van der Waals surface area contributed by atoms with Crippen LogP contribution in [0.1, 0.15) is 25.0 Å². The Kier molecular flexibility index (Phi) is 5.41. The number of fused-ring (bicyclic) bond motifs is 1. The smallest absolute Gasteiger partial charge is 0.347 e. The third kappa shape index (κ3) is 4.09. The van der Waals surface area contributed by atoms with Crippen molar-refractivity contribution in [3.8, 4) is 11.8 Å². The van der Waals surface area contributed by atoms with Crippen LogP contribution in [0.3, 0.4) is 0 Å². The van der Waals surface area contributed by atoms with Gasteiger partial charge in [0.05, 0.1) is 11.6 Å². The first-order chi connectivity index (χ1) is 13.0. The first-order valence-corrected chi connectivity index (χ1v) is 8.76. The van der Waals surface area contributed by atoms with E-state index < -0.39 is 18.2 Å². The molecule has 0 aliphatic carbocycles. The van der Waals surface area contributed by atoms with Crippen LogP contribution < -0.4 is 9.64 Å². The van der Waals surface area contributed by atoms with Gasteiger partial charge in [0.15, 0.2) is 12.2 Å². The number of nitriles is 1. The number of rotatable bonds is 5. The van der Waals surface area contributed by atoms with Gasteiger partial charge >= 0.3 is 5.97 Å². The van der Waals surface area contributed by atoms with E-state index in [0.717, 1.165) is 17.7 Å². The fourth-order valence-corrected chi connectivity index (χ4v) is 2.97. The molecule has 2 aromatic carbocycles. The number of carbonyl (C=O) groups is 2. The van der Waals surface area contributed by atoms with Crippen LogP contribution in [-0.2, 0) is 20.7 Å². The molecule has 0 fully saturated rings. The Morgan fingerprint density at radius 2 is 1.78 bits per heavy atom. The number of para-hydroxylation sites is 1. The summed E-state index contributed by atoms with van der Waals surface area (Å²) in [5.74, 6) is -0.419. The maximum Gasteiger partial charge on any atom is 0.347 e. The van der Waals surface area contributed by atoms with Crippen molar-refractivity contribution in [1.29, 1.82) is 5.26 Å². The van der Waals surface area contributed by atoms with Gasteiger partial charge in [0.1, 0.15) is 5.75 Å². The molecule has 0 spiro atoms. The minimum absolute atomic E-state index is 0.251. The topological polar surface area (TPSA) is 79.6 Å². The van der Waals surface area contributed by atoms with E-state index >= 15 is 0 Å². The van der Waals surface area contributed by atoms with Gasteiger partial charge in [-0.25, -0.2) is 4.79 Å². The molecular formula is C21H20N2O4. The molecule has 0 bridgehead atoms. The molecule has 1 amide bonds. The normalized spacial score (nSPS) is 14.6. The SMILES string of the molecule is C[C@H](Oc1ccc(C#N)cc1)C(=O)O[C@H](C)C(=O)N1CCc2ccccc21. The third-order valence-corrected chi connectivity index (χ3v) is 4.42. The molecular weight excluding hydrogens is 344 g/mol. The Morgan fingerprint density at radius 1 is 1.07 bits per heavy atom. The lowest BCUT2D eigenvalue weighted by molar-refractivity contribution is -0.160.